The van der Waals surface area contributed by atoms with E-state index >= 15 is 0 Å². The Morgan fingerprint density at radius 3 is 2.32 bits per heavy atom. The molecule has 0 aromatic rings. The van der Waals surface area contributed by atoms with Crippen molar-refractivity contribution in [2.75, 3.05) is 26.5 Å². The van der Waals surface area contributed by atoms with Crippen LogP contribution in [-0.2, 0) is 4.74 Å². The molecule has 0 saturated heterocycles. The molecule has 0 bridgehead atoms. The molecule has 1 unspecified atom stereocenters. The molecule has 19 heavy (non-hydrogen) atoms. The first kappa shape index (κ1) is 15.6. The van der Waals surface area contributed by atoms with E-state index in [4.69, 9.17) is 4.74 Å². The number of nitrogens with zero attached hydrogens (tertiary/aromatic N) is 1. The Morgan fingerprint density at radius 2 is 1.84 bits per heavy atom. The van der Waals surface area contributed by atoms with Gasteiger partial charge in [-0.05, 0) is 10.5 Å². The third kappa shape index (κ3) is 2.14. The average Bonchev–Trinajstić information content (AvgIpc) is 2.72. The molecule has 0 aliphatic carbocycles. The van der Waals surface area contributed by atoms with Gasteiger partial charge in [0, 0.05) is 35.9 Å². The Morgan fingerprint density at radius 1 is 1.26 bits per heavy atom. The average molecular weight is 304 g/mol. The van der Waals surface area contributed by atoms with Crippen LogP contribution in [0.1, 0.15) is 34.6 Å². The maximum Gasteiger partial charge on any atom is 0.108 e. The van der Waals surface area contributed by atoms with Crippen LogP contribution in [0, 0.1) is 0 Å². The molecule has 2 nitrogen and oxygen atoms in total. The first-order valence-electron chi connectivity index (χ1n) is 7.28. The van der Waals surface area contributed by atoms with Crippen LogP contribution >= 0.6 is 21.8 Å². The highest BCUT2D eigenvalue weighted by molar-refractivity contribution is 8.45. The zero-order chi connectivity index (χ0) is 14.4. The van der Waals surface area contributed by atoms with Crippen LogP contribution in [0.4, 0.5) is 0 Å². The number of rotatable bonds is 3. The van der Waals surface area contributed by atoms with E-state index in [0.717, 1.165) is 21.5 Å². The Hall–Kier alpha value is 0.200. The molecule has 4 heteroatoms. The van der Waals surface area contributed by atoms with Crippen molar-refractivity contribution in [3.63, 3.8) is 0 Å². The number of hydrogen-bond donors (Lipinski definition) is 0. The van der Waals surface area contributed by atoms with Crippen molar-refractivity contribution in [1.82, 2.24) is 4.90 Å². The van der Waals surface area contributed by atoms with Crippen molar-refractivity contribution in [3.05, 3.63) is 9.93 Å². The van der Waals surface area contributed by atoms with E-state index in [9.17, 15) is 0 Å². The van der Waals surface area contributed by atoms with Gasteiger partial charge in [-0.1, -0.05) is 34.6 Å². The van der Waals surface area contributed by atoms with Gasteiger partial charge in [0.25, 0.3) is 0 Å². The van der Waals surface area contributed by atoms with Crippen LogP contribution < -0.4 is 0 Å². The minimum atomic E-state index is -0.742. The molecule has 0 saturated carbocycles. The number of hydrogen-bond acceptors (Lipinski definition) is 3. The minimum Gasteiger partial charge on any atom is -0.374 e. The zero-order valence-corrected chi connectivity index (χ0v) is 15.0. The number of methoxy groups -OCH3 is 1. The van der Waals surface area contributed by atoms with Crippen LogP contribution in [0.3, 0.4) is 0 Å². The number of thioether (sulfide) groups is 1. The fraction of sp³-hybridized carbons (Fsp3) is 0.867. The summed E-state index contributed by atoms with van der Waals surface area (Å²) in [5.41, 5.74) is 1.50. The molecule has 2 aliphatic rings. The molecule has 0 fully saturated rings. The molecule has 2 heterocycles. The maximum atomic E-state index is 5.73. The summed E-state index contributed by atoms with van der Waals surface area (Å²) in [6, 6.07) is 0. The first-order chi connectivity index (χ1) is 8.87. The molecule has 0 aromatic heterocycles. The van der Waals surface area contributed by atoms with Crippen LogP contribution in [0.25, 0.3) is 0 Å². The van der Waals surface area contributed by atoms with E-state index in [1.165, 1.54) is 12.2 Å². The highest BCUT2D eigenvalue weighted by atomic mass is 32.3. The van der Waals surface area contributed by atoms with E-state index < -0.39 is 10.0 Å². The lowest BCUT2D eigenvalue weighted by atomic mass is 10.2. The van der Waals surface area contributed by atoms with Crippen molar-refractivity contribution in [1.29, 1.82) is 0 Å². The highest BCUT2D eigenvalue weighted by Gasteiger charge is 2.49. The molecule has 0 N–H and O–H groups in total. The highest BCUT2D eigenvalue weighted by Crippen LogP contribution is 2.73. The van der Waals surface area contributed by atoms with Gasteiger partial charge in [-0.3, -0.25) is 0 Å². The summed E-state index contributed by atoms with van der Waals surface area (Å²) in [5.74, 6) is 1.10. The van der Waals surface area contributed by atoms with E-state index in [0.29, 0.717) is 6.10 Å². The van der Waals surface area contributed by atoms with Crippen LogP contribution in [0.5, 0.6) is 0 Å². The normalized spacial score (nSPS) is 32.2. The van der Waals surface area contributed by atoms with Crippen LogP contribution in [-0.4, -0.2) is 53.2 Å². The predicted molar refractivity (Wildman–Crippen MR) is 90.2 cm³/mol. The second-order valence-corrected chi connectivity index (χ2v) is 12.2. The Labute approximate surface area is 124 Å². The molecule has 0 radical (unpaired) electrons. The summed E-state index contributed by atoms with van der Waals surface area (Å²) in [6.07, 6.45) is 0.307. The lowest BCUT2D eigenvalue weighted by molar-refractivity contribution is 0.126. The summed E-state index contributed by atoms with van der Waals surface area (Å²) >= 11 is 2.08. The first-order valence-corrected chi connectivity index (χ1v) is 10.1. The molecule has 2 aliphatic heterocycles. The summed E-state index contributed by atoms with van der Waals surface area (Å²) in [4.78, 5) is 2.46. The second-order valence-electron chi connectivity index (χ2n) is 6.26. The van der Waals surface area contributed by atoms with Crippen LogP contribution in [0.15, 0.2) is 9.93 Å². The molecular weight excluding hydrogens is 274 g/mol. The fourth-order valence-corrected chi connectivity index (χ4v) is 13.0. The topological polar surface area (TPSA) is 12.5 Å². The molecule has 112 valence electrons. The van der Waals surface area contributed by atoms with Gasteiger partial charge < -0.3 is 9.64 Å². The summed E-state index contributed by atoms with van der Waals surface area (Å²) in [7, 11) is 3.36. The largest absolute Gasteiger partial charge is 0.374 e. The van der Waals surface area contributed by atoms with E-state index in [2.05, 4.69) is 58.3 Å². The monoisotopic (exact) mass is 303 g/mol. The lowest BCUT2D eigenvalue weighted by Crippen LogP contribution is -2.44. The van der Waals surface area contributed by atoms with Gasteiger partial charge in [-0.2, -0.15) is 10.0 Å². The maximum absolute atomic E-state index is 5.73. The predicted octanol–water partition coefficient (Wildman–Crippen LogP) is 3.87. The molecule has 2 rings (SSSR count). The van der Waals surface area contributed by atoms with Gasteiger partial charge >= 0.3 is 0 Å². The van der Waals surface area contributed by atoms with E-state index in [1.54, 1.807) is 4.24 Å². The van der Waals surface area contributed by atoms with Crippen LogP contribution in [0.2, 0.25) is 0 Å². The third-order valence-electron chi connectivity index (χ3n) is 4.65. The molecule has 0 spiro atoms. The molecule has 0 amide bonds. The molecule has 2 atom stereocenters. The van der Waals surface area contributed by atoms with Crippen molar-refractivity contribution in [2.24, 2.45) is 0 Å². The summed E-state index contributed by atoms with van der Waals surface area (Å²) in [6.45, 7) is 13.4. The Bertz CT molecular complexity index is 370. The zero-order valence-electron chi connectivity index (χ0n) is 13.4. The minimum absolute atomic E-state index is 0.307. The summed E-state index contributed by atoms with van der Waals surface area (Å²) in [5, 5.41) is 2.29. The van der Waals surface area contributed by atoms with Crippen molar-refractivity contribution in [2.45, 2.75) is 56.5 Å². The quantitative estimate of drug-likeness (QED) is 0.785. The Kier molecular flexibility index (Phi) is 4.54. The van der Waals surface area contributed by atoms with Crippen molar-refractivity contribution < 1.29 is 4.74 Å². The summed E-state index contributed by atoms with van der Waals surface area (Å²) < 4.78 is 7.43. The van der Waals surface area contributed by atoms with Gasteiger partial charge in [-0.25, -0.2) is 0 Å². The van der Waals surface area contributed by atoms with Gasteiger partial charge in [0.2, 0.25) is 0 Å². The smallest absolute Gasteiger partial charge is 0.108 e. The van der Waals surface area contributed by atoms with Gasteiger partial charge in [0.05, 0.1) is 5.70 Å². The number of likely N-dealkylation sites (N-methyl/N-ethyl adjacent to an activating group) is 1. The fourth-order valence-electron chi connectivity index (χ4n) is 3.99. The SMILES string of the molecule is CO[C@@H]1CSC2=C1N(C)CC(C)S2(C(C)C)C(C)C. The van der Waals surface area contributed by atoms with Crippen molar-refractivity contribution in [3.8, 4) is 0 Å². The lowest BCUT2D eigenvalue weighted by Gasteiger charge is -2.57. The number of ether oxygens (including phenoxy) is 1. The van der Waals surface area contributed by atoms with E-state index in [-0.39, 0.29) is 0 Å². The third-order valence-corrected chi connectivity index (χ3v) is 12.3. The van der Waals surface area contributed by atoms with Gasteiger partial charge in [0.15, 0.2) is 0 Å². The second kappa shape index (κ2) is 5.53. The van der Waals surface area contributed by atoms with Crippen molar-refractivity contribution >= 4 is 21.8 Å². The molecule has 0 aromatic carbocycles. The van der Waals surface area contributed by atoms with Gasteiger partial charge in [-0.15, -0.1) is 11.8 Å². The molecular formula is C15H29NOS2. The Balaban J connectivity index is 2.58. The van der Waals surface area contributed by atoms with E-state index in [1.807, 2.05) is 7.11 Å². The van der Waals surface area contributed by atoms with Gasteiger partial charge in [0.1, 0.15) is 6.10 Å². The standard InChI is InChI=1S/C15H29NOS2/c1-10(2)19(11(3)4)12(5)8-16(6)14-13(17-7)9-18-15(14)19/h10-13H,8-9H2,1-7H3/t12?,13-/m1/s1.